The predicted octanol–water partition coefficient (Wildman–Crippen LogP) is 9.69. The molecule has 1 aromatic carbocycles. The van der Waals surface area contributed by atoms with E-state index < -0.39 is 5.82 Å². The molecule has 0 amide bonds. The number of hydrogen-bond acceptors (Lipinski definition) is 3. The number of allylic oxidation sites excluding steroid dienone is 1. The van der Waals surface area contributed by atoms with Crippen molar-refractivity contribution in [2.45, 2.75) is 117 Å². The first-order valence-corrected chi connectivity index (χ1v) is 15.8. The molecule has 4 rings (SSSR count). The summed E-state index contributed by atoms with van der Waals surface area (Å²) in [6.45, 7) is 4.59. The zero-order valence-corrected chi connectivity index (χ0v) is 24.0. The molecule has 0 aliphatic heterocycles. The molecule has 4 unspecified atom stereocenters. The van der Waals surface area contributed by atoms with Crippen LogP contribution in [0.25, 0.3) is 0 Å². The first-order chi connectivity index (χ1) is 18.6. The minimum absolute atomic E-state index is 0.00499. The highest BCUT2D eigenvalue weighted by atomic mass is 19.1. The second kappa shape index (κ2) is 15.1. The van der Waals surface area contributed by atoms with Crippen LogP contribution in [-0.2, 0) is 4.79 Å². The van der Waals surface area contributed by atoms with Crippen LogP contribution in [0, 0.1) is 41.3 Å². The van der Waals surface area contributed by atoms with Crippen LogP contribution >= 0.6 is 0 Å². The molecule has 38 heavy (non-hydrogen) atoms. The maximum atomic E-state index is 14.5. The number of halogens is 1. The monoisotopic (exact) mass is 526 g/mol. The molecule has 1 aromatic rings. The van der Waals surface area contributed by atoms with Gasteiger partial charge in [0.05, 0.1) is 5.92 Å². The van der Waals surface area contributed by atoms with Gasteiger partial charge in [-0.2, -0.15) is 0 Å². The Bertz CT molecular complexity index is 888. The van der Waals surface area contributed by atoms with Gasteiger partial charge in [0.15, 0.2) is 11.6 Å². The van der Waals surface area contributed by atoms with Crippen molar-refractivity contribution < 1.29 is 18.7 Å². The van der Waals surface area contributed by atoms with Gasteiger partial charge in [-0.15, -0.1) is 0 Å². The molecule has 0 spiro atoms. The number of carbonyl (C=O) groups excluding carboxylic acids is 1. The maximum Gasteiger partial charge on any atom is 0.314 e. The van der Waals surface area contributed by atoms with E-state index in [2.05, 4.69) is 6.92 Å². The molecular weight excluding hydrogens is 475 g/mol. The molecule has 0 N–H and O–H groups in total. The summed E-state index contributed by atoms with van der Waals surface area (Å²) in [4.78, 5) is 12.8. The van der Waals surface area contributed by atoms with Gasteiger partial charge in [-0.25, -0.2) is 4.39 Å². The highest BCUT2D eigenvalue weighted by molar-refractivity contribution is 5.75. The normalized spacial score (nSPS) is 29.7. The fourth-order valence-corrected chi connectivity index (χ4v) is 7.66. The van der Waals surface area contributed by atoms with Crippen LogP contribution in [0.4, 0.5) is 4.39 Å². The molecule has 3 fully saturated rings. The highest BCUT2D eigenvalue weighted by Gasteiger charge is 2.39. The fourth-order valence-electron chi connectivity index (χ4n) is 7.66. The third-order valence-corrected chi connectivity index (χ3v) is 9.95. The van der Waals surface area contributed by atoms with Crippen LogP contribution in [0.3, 0.4) is 0 Å². The van der Waals surface area contributed by atoms with E-state index >= 15 is 0 Å². The molecule has 3 saturated carbocycles. The summed E-state index contributed by atoms with van der Waals surface area (Å²) < 4.78 is 25.4. The minimum atomic E-state index is -0.548. The molecule has 0 aromatic heterocycles. The molecule has 3 aliphatic rings. The quantitative estimate of drug-likeness (QED) is 0.118. The number of ether oxygens (including phenoxy) is 2. The first kappa shape index (κ1) is 29.2. The summed E-state index contributed by atoms with van der Waals surface area (Å²) >= 11 is 0. The van der Waals surface area contributed by atoms with Gasteiger partial charge < -0.3 is 9.47 Å². The van der Waals surface area contributed by atoms with Gasteiger partial charge in [0.1, 0.15) is 12.4 Å². The number of hydrogen-bond donors (Lipinski definition) is 0. The second-order valence-electron chi connectivity index (χ2n) is 12.5. The van der Waals surface area contributed by atoms with Gasteiger partial charge in [0.25, 0.3) is 0 Å². The molecule has 0 heterocycles. The zero-order chi connectivity index (χ0) is 26.7. The Labute approximate surface area is 230 Å². The Morgan fingerprint density at radius 1 is 0.895 bits per heavy atom. The molecule has 0 radical (unpaired) electrons. The third kappa shape index (κ3) is 8.33. The Balaban J connectivity index is 1.17. The van der Waals surface area contributed by atoms with Gasteiger partial charge in [0.2, 0.25) is 0 Å². The van der Waals surface area contributed by atoms with Crippen LogP contribution in [0.2, 0.25) is 0 Å². The van der Waals surface area contributed by atoms with E-state index in [1.54, 1.807) is 6.07 Å². The lowest BCUT2D eigenvalue weighted by atomic mass is 9.60. The zero-order valence-electron chi connectivity index (χ0n) is 24.0. The largest absolute Gasteiger partial charge is 0.489 e. The second-order valence-corrected chi connectivity index (χ2v) is 12.5. The fraction of sp³-hybridized carbons (Fsp3) is 0.735. The van der Waals surface area contributed by atoms with Crippen molar-refractivity contribution in [3.05, 3.63) is 36.2 Å². The molecule has 3 nitrogen and oxygen atoms in total. The van der Waals surface area contributed by atoms with Crippen molar-refractivity contribution >= 4 is 5.97 Å². The summed E-state index contributed by atoms with van der Waals surface area (Å²) in [6, 6.07) is 4.45. The van der Waals surface area contributed by atoms with E-state index in [4.69, 9.17) is 9.47 Å². The SMILES string of the molecule is C/C=C/COc1ccc(OC(=O)C2CCC(C3CCC4CC(CCCCCCC)CCC4C3)CC2)c(F)c1. The number of benzene rings is 1. The highest BCUT2D eigenvalue weighted by Crippen LogP contribution is 2.49. The standard InChI is InChI=1S/C34H51FO3/c1-3-5-7-8-9-10-25-11-12-30-23-29(18-17-28(30)22-25)26-13-15-27(16-14-26)34(36)38-33-20-19-31(24-32(33)35)37-21-6-4-2/h4,6,19-20,24-30H,3,5,7-18,21-23H2,1-2H3/b6-4+. The van der Waals surface area contributed by atoms with Crippen molar-refractivity contribution in [2.75, 3.05) is 6.61 Å². The Kier molecular flexibility index (Phi) is 11.6. The van der Waals surface area contributed by atoms with Crippen LogP contribution in [0.1, 0.15) is 117 Å². The van der Waals surface area contributed by atoms with Crippen molar-refractivity contribution in [3.63, 3.8) is 0 Å². The Hall–Kier alpha value is -1.84. The summed E-state index contributed by atoms with van der Waals surface area (Å²) in [5.74, 6) is 4.00. The lowest BCUT2D eigenvalue weighted by Crippen LogP contribution is -2.35. The molecule has 0 bridgehead atoms. The average Bonchev–Trinajstić information content (AvgIpc) is 2.94. The number of esters is 1. The topological polar surface area (TPSA) is 35.5 Å². The maximum absolute atomic E-state index is 14.5. The molecule has 0 saturated heterocycles. The summed E-state index contributed by atoms with van der Waals surface area (Å²) in [6.07, 6.45) is 24.9. The Morgan fingerprint density at radius 2 is 1.58 bits per heavy atom. The average molecular weight is 527 g/mol. The molecular formula is C34H51FO3. The van der Waals surface area contributed by atoms with Gasteiger partial charge in [-0.05, 0) is 106 Å². The number of carbonyl (C=O) groups is 1. The van der Waals surface area contributed by atoms with Crippen molar-refractivity contribution in [1.29, 1.82) is 0 Å². The molecule has 3 aliphatic carbocycles. The van der Waals surface area contributed by atoms with Crippen LogP contribution in [0.15, 0.2) is 30.4 Å². The number of fused-ring (bicyclic) bond motifs is 1. The predicted molar refractivity (Wildman–Crippen MR) is 153 cm³/mol. The molecule has 212 valence electrons. The van der Waals surface area contributed by atoms with Gasteiger partial charge in [0, 0.05) is 6.07 Å². The van der Waals surface area contributed by atoms with Crippen LogP contribution in [0.5, 0.6) is 11.5 Å². The number of rotatable bonds is 12. The van der Waals surface area contributed by atoms with Crippen LogP contribution < -0.4 is 9.47 Å². The lowest BCUT2D eigenvalue weighted by Gasteiger charge is -2.45. The lowest BCUT2D eigenvalue weighted by molar-refractivity contribution is -0.140. The third-order valence-electron chi connectivity index (χ3n) is 9.95. The first-order valence-electron chi connectivity index (χ1n) is 15.8. The smallest absolute Gasteiger partial charge is 0.314 e. The van der Waals surface area contributed by atoms with Gasteiger partial charge >= 0.3 is 5.97 Å². The van der Waals surface area contributed by atoms with E-state index in [0.29, 0.717) is 12.4 Å². The molecule has 4 atom stereocenters. The minimum Gasteiger partial charge on any atom is -0.489 e. The van der Waals surface area contributed by atoms with E-state index in [1.165, 1.54) is 89.2 Å². The van der Waals surface area contributed by atoms with E-state index in [0.717, 1.165) is 55.3 Å². The van der Waals surface area contributed by atoms with Gasteiger partial charge in [-0.1, -0.05) is 64.0 Å². The van der Waals surface area contributed by atoms with Crippen molar-refractivity contribution in [3.8, 4) is 11.5 Å². The molecule has 4 heteroatoms. The van der Waals surface area contributed by atoms with Crippen molar-refractivity contribution in [2.24, 2.45) is 35.5 Å². The van der Waals surface area contributed by atoms with E-state index in [-0.39, 0.29) is 17.6 Å². The van der Waals surface area contributed by atoms with Crippen LogP contribution in [-0.4, -0.2) is 12.6 Å². The van der Waals surface area contributed by atoms with E-state index in [9.17, 15) is 9.18 Å². The number of unbranched alkanes of at least 4 members (excludes halogenated alkanes) is 4. The van der Waals surface area contributed by atoms with Crippen molar-refractivity contribution in [1.82, 2.24) is 0 Å². The summed E-state index contributed by atoms with van der Waals surface area (Å²) in [5.41, 5.74) is 0. The summed E-state index contributed by atoms with van der Waals surface area (Å²) in [5, 5.41) is 0. The van der Waals surface area contributed by atoms with Gasteiger partial charge in [-0.3, -0.25) is 4.79 Å². The Morgan fingerprint density at radius 3 is 2.32 bits per heavy atom. The van der Waals surface area contributed by atoms with E-state index in [1.807, 2.05) is 19.1 Å². The summed E-state index contributed by atoms with van der Waals surface area (Å²) in [7, 11) is 0.